The van der Waals surface area contributed by atoms with Gasteiger partial charge in [-0.3, -0.25) is 9.78 Å². The van der Waals surface area contributed by atoms with E-state index in [1.54, 1.807) is 12.1 Å². The van der Waals surface area contributed by atoms with E-state index in [0.717, 1.165) is 11.1 Å². The van der Waals surface area contributed by atoms with Crippen LogP contribution in [-0.2, 0) is 0 Å². The number of ether oxygens (including phenoxy) is 1. The van der Waals surface area contributed by atoms with Gasteiger partial charge >= 0.3 is 0 Å². The van der Waals surface area contributed by atoms with Crippen LogP contribution in [0.15, 0.2) is 42.6 Å². The van der Waals surface area contributed by atoms with E-state index in [1.807, 2.05) is 19.1 Å². The maximum absolute atomic E-state index is 12.1. The van der Waals surface area contributed by atoms with E-state index >= 15 is 0 Å². The molecule has 0 saturated carbocycles. The third kappa shape index (κ3) is 4.99. The second kappa shape index (κ2) is 8.35. The molecule has 24 heavy (non-hydrogen) atoms. The lowest BCUT2D eigenvalue weighted by Crippen LogP contribution is -2.29. The van der Waals surface area contributed by atoms with Crippen molar-refractivity contribution in [2.75, 3.05) is 13.2 Å². The largest absolute Gasteiger partial charge is 0.488 e. The van der Waals surface area contributed by atoms with Gasteiger partial charge in [-0.15, -0.1) is 0 Å². The van der Waals surface area contributed by atoms with Crippen molar-refractivity contribution < 1.29 is 23.4 Å². The van der Waals surface area contributed by atoms with Crippen LogP contribution in [0.3, 0.4) is 0 Å². The van der Waals surface area contributed by atoms with Crippen LogP contribution >= 0.6 is 0 Å². The molecule has 0 fully saturated rings. The van der Waals surface area contributed by atoms with Crippen LogP contribution in [0, 0.1) is 6.92 Å². The summed E-state index contributed by atoms with van der Waals surface area (Å²) in [7, 11) is 0. The van der Waals surface area contributed by atoms with Crippen LogP contribution < -0.4 is 10.1 Å². The van der Waals surface area contributed by atoms with Crippen molar-refractivity contribution in [3.8, 4) is 5.75 Å². The first kappa shape index (κ1) is 17.8. The summed E-state index contributed by atoms with van der Waals surface area (Å²) >= 11 is 0. The Labute approximate surface area is 138 Å². The van der Waals surface area contributed by atoms with Gasteiger partial charge in [-0.2, -0.15) is 0 Å². The summed E-state index contributed by atoms with van der Waals surface area (Å²) < 4.78 is 29.1. The Balaban J connectivity index is 1.95. The Hall–Kier alpha value is -2.54. The Morgan fingerprint density at radius 1 is 1.33 bits per heavy atom. The van der Waals surface area contributed by atoms with Gasteiger partial charge in [-0.1, -0.05) is 24.3 Å². The lowest BCUT2D eigenvalue weighted by molar-refractivity contribution is 0.0816. The van der Waals surface area contributed by atoms with E-state index in [1.165, 1.54) is 18.3 Å². The van der Waals surface area contributed by atoms with Crippen molar-refractivity contribution in [3.63, 3.8) is 0 Å². The zero-order valence-corrected chi connectivity index (χ0v) is 13.1. The first-order valence-electron chi connectivity index (χ1n) is 7.36. The van der Waals surface area contributed by atoms with Crippen LogP contribution in [0.25, 0.3) is 0 Å². The molecule has 0 spiro atoms. The number of alkyl halides is 2. The number of rotatable bonds is 7. The van der Waals surface area contributed by atoms with Crippen LogP contribution in [0.4, 0.5) is 8.78 Å². The molecule has 128 valence electrons. The smallest absolute Gasteiger partial charge is 0.272 e. The number of amides is 1. The van der Waals surface area contributed by atoms with Crippen molar-refractivity contribution in [2.24, 2.45) is 0 Å². The summed E-state index contributed by atoms with van der Waals surface area (Å²) in [6.45, 7) is 1.12. The number of carbonyl (C=O) groups excluding carboxylic acids is 1. The molecule has 0 aliphatic carbocycles. The molecular formula is C17H18F2N2O3. The Morgan fingerprint density at radius 3 is 2.79 bits per heavy atom. The van der Waals surface area contributed by atoms with Crippen LogP contribution in [-0.4, -0.2) is 35.6 Å². The van der Waals surface area contributed by atoms with Crippen molar-refractivity contribution in [3.05, 3.63) is 59.4 Å². The van der Waals surface area contributed by atoms with Crippen LogP contribution in [0.2, 0.25) is 0 Å². The number of hydrogen-bond donors (Lipinski definition) is 2. The molecule has 0 bridgehead atoms. The minimum absolute atomic E-state index is 0.00743. The number of aryl methyl sites for hydroxylation is 1. The van der Waals surface area contributed by atoms with Crippen molar-refractivity contribution in [2.45, 2.75) is 19.5 Å². The molecule has 1 heterocycles. The zero-order chi connectivity index (χ0) is 17.5. The summed E-state index contributed by atoms with van der Waals surface area (Å²) in [6, 6.07) is 9.98. The average Bonchev–Trinajstić information content (AvgIpc) is 2.58. The summed E-state index contributed by atoms with van der Waals surface area (Å²) in [5.74, 6) is -0.389. The van der Waals surface area contributed by atoms with Gasteiger partial charge in [0, 0.05) is 18.8 Å². The van der Waals surface area contributed by atoms with E-state index in [9.17, 15) is 18.7 Å². The van der Waals surface area contributed by atoms with E-state index in [0.29, 0.717) is 0 Å². The Morgan fingerprint density at radius 2 is 2.08 bits per heavy atom. The predicted octanol–water partition coefficient (Wildman–Crippen LogP) is 2.50. The molecule has 1 amide bonds. The van der Waals surface area contributed by atoms with Gasteiger partial charge in [0.2, 0.25) is 0 Å². The van der Waals surface area contributed by atoms with Crippen LogP contribution in [0.5, 0.6) is 5.75 Å². The summed E-state index contributed by atoms with van der Waals surface area (Å²) in [5.41, 5.74) is 1.67. The van der Waals surface area contributed by atoms with Gasteiger partial charge in [0.25, 0.3) is 12.3 Å². The number of benzene rings is 1. The molecule has 1 unspecified atom stereocenters. The molecule has 1 aromatic heterocycles. The standard InChI is InChI=1S/C17H18F2N2O3/c1-11-4-2-3-5-13(11)15(22)9-21-17(23)14-8-12(6-7-20-14)24-10-16(18)19/h2-8,15-16,22H,9-10H2,1H3,(H,21,23). The van der Waals surface area contributed by atoms with E-state index in [4.69, 9.17) is 4.74 Å². The maximum Gasteiger partial charge on any atom is 0.272 e. The molecule has 1 aromatic carbocycles. The highest BCUT2D eigenvalue weighted by Crippen LogP contribution is 2.17. The molecule has 0 radical (unpaired) electrons. The minimum atomic E-state index is -2.60. The highest BCUT2D eigenvalue weighted by molar-refractivity contribution is 5.92. The van der Waals surface area contributed by atoms with Gasteiger partial charge < -0.3 is 15.2 Å². The van der Waals surface area contributed by atoms with Crippen LogP contribution in [0.1, 0.15) is 27.7 Å². The van der Waals surface area contributed by atoms with E-state index in [2.05, 4.69) is 10.3 Å². The summed E-state index contributed by atoms with van der Waals surface area (Å²) in [5, 5.41) is 12.7. The summed E-state index contributed by atoms with van der Waals surface area (Å²) in [4.78, 5) is 15.9. The SMILES string of the molecule is Cc1ccccc1C(O)CNC(=O)c1cc(OCC(F)F)ccn1. The Bertz CT molecular complexity index is 695. The number of pyridine rings is 1. The number of carbonyl (C=O) groups is 1. The third-order valence-electron chi connectivity index (χ3n) is 3.34. The fourth-order valence-electron chi connectivity index (χ4n) is 2.13. The van der Waals surface area contributed by atoms with Gasteiger partial charge in [0.1, 0.15) is 18.1 Å². The number of aliphatic hydroxyl groups is 1. The summed E-state index contributed by atoms with van der Waals surface area (Å²) in [6.07, 6.45) is -2.15. The Kier molecular flexibility index (Phi) is 6.20. The number of aliphatic hydroxyl groups excluding tert-OH is 1. The van der Waals surface area contributed by atoms with Gasteiger partial charge in [0.05, 0.1) is 6.10 Å². The van der Waals surface area contributed by atoms with Gasteiger partial charge in [-0.25, -0.2) is 8.78 Å². The molecular weight excluding hydrogens is 318 g/mol. The van der Waals surface area contributed by atoms with Crippen molar-refractivity contribution in [1.82, 2.24) is 10.3 Å². The second-order valence-corrected chi connectivity index (χ2v) is 5.16. The quantitative estimate of drug-likeness (QED) is 0.815. The molecule has 2 N–H and O–H groups in total. The number of hydrogen-bond acceptors (Lipinski definition) is 4. The molecule has 2 aromatic rings. The fourth-order valence-corrected chi connectivity index (χ4v) is 2.13. The van der Waals surface area contributed by atoms with Gasteiger partial charge in [-0.05, 0) is 24.1 Å². The lowest BCUT2D eigenvalue weighted by Gasteiger charge is -2.14. The zero-order valence-electron chi connectivity index (χ0n) is 13.1. The molecule has 5 nitrogen and oxygen atoms in total. The average molecular weight is 336 g/mol. The first-order chi connectivity index (χ1) is 11.5. The lowest BCUT2D eigenvalue weighted by atomic mass is 10.0. The molecule has 0 saturated heterocycles. The first-order valence-corrected chi connectivity index (χ1v) is 7.36. The molecule has 0 aliphatic heterocycles. The molecule has 2 rings (SSSR count). The number of nitrogens with one attached hydrogen (secondary N) is 1. The van der Waals surface area contributed by atoms with E-state index in [-0.39, 0.29) is 18.0 Å². The normalized spacial score (nSPS) is 12.0. The number of halogens is 2. The topological polar surface area (TPSA) is 71.5 Å². The second-order valence-electron chi connectivity index (χ2n) is 5.16. The number of nitrogens with zero attached hydrogens (tertiary/aromatic N) is 1. The highest BCUT2D eigenvalue weighted by atomic mass is 19.3. The van der Waals surface area contributed by atoms with E-state index < -0.39 is 25.0 Å². The molecule has 7 heteroatoms. The maximum atomic E-state index is 12.1. The third-order valence-corrected chi connectivity index (χ3v) is 3.34. The monoisotopic (exact) mass is 336 g/mol. The van der Waals surface area contributed by atoms with Gasteiger partial charge in [0.15, 0.2) is 0 Å². The molecule has 1 atom stereocenters. The fraction of sp³-hybridized carbons (Fsp3) is 0.294. The highest BCUT2D eigenvalue weighted by Gasteiger charge is 2.14. The van der Waals surface area contributed by atoms with Crippen molar-refractivity contribution in [1.29, 1.82) is 0 Å². The number of aromatic nitrogens is 1. The van der Waals surface area contributed by atoms with Crippen molar-refractivity contribution >= 4 is 5.91 Å². The molecule has 0 aliphatic rings. The predicted molar refractivity (Wildman–Crippen MR) is 84.2 cm³/mol. The minimum Gasteiger partial charge on any atom is -0.488 e.